The molecule has 0 saturated carbocycles. The normalized spacial score (nSPS) is 10.0. The first-order valence-electron chi connectivity index (χ1n) is 6.63. The molecule has 0 bridgehead atoms. The first-order chi connectivity index (χ1) is 9.86. The highest BCUT2D eigenvalue weighted by molar-refractivity contribution is 5.92. The lowest BCUT2D eigenvalue weighted by Crippen LogP contribution is -2.45. The molecule has 0 saturated heterocycles. The van der Waals surface area contributed by atoms with Crippen LogP contribution in [0.25, 0.3) is 0 Å². The number of carboxylic acid groups (broad SMARTS) is 1. The number of carboxylic acids is 1. The Morgan fingerprint density at radius 2 is 2.05 bits per heavy atom. The second-order valence-electron chi connectivity index (χ2n) is 4.93. The maximum absolute atomic E-state index is 12.5. The molecule has 0 atom stereocenters. The first-order valence-corrected chi connectivity index (χ1v) is 6.63. The fourth-order valence-corrected chi connectivity index (χ4v) is 1.88. The third kappa shape index (κ3) is 4.49. The maximum Gasteiger partial charge on any atom is 0.324 e. The Balaban J connectivity index is 2.91. The van der Waals surface area contributed by atoms with Crippen molar-refractivity contribution in [3.63, 3.8) is 0 Å². The number of nitriles is 1. The summed E-state index contributed by atoms with van der Waals surface area (Å²) in [4.78, 5) is 26.1. The Labute approximate surface area is 124 Å². The standard InChI is InChI=1S/C15H19N3O3/c1-11(2)18(8-7-14(19)20)15(21)17(3)13-6-4-5-12(9-13)10-16/h4-6,9,11H,7-8H2,1-3H3,(H,19,20). The Hall–Kier alpha value is -2.55. The molecule has 1 aromatic rings. The van der Waals surface area contributed by atoms with Gasteiger partial charge in [0.1, 0.15) is 0 Å². The van der Waals surface area contributed by atoms with Gasteiger partial charge in [0.2, 0.25) is 0 Å². The molecule has 0 fully saturated rings. The van der Waals surface area contributed by atoms with Crippen molar-refractivity contribution < 1.29 is 14.7 Å². The third-order valence-electron chi connectivity index (χ3n) is 3.09. The van der Waals surface area contributed by atoms with Gasteiger partial charge in [-0.25, -0.2) is 4.79 Å². The Bertz CT molecular complexity index is 564. The third-order valence-corrected chi connectivity index (χ3v) is 3.09. The van der Waals surface area contributed by atoms with E-state index >= 15 is 0 Å². The predicted molar refractivity (Wildman–Crippen MR) is 79.1 cm³/mol. The van der Waals surface area contributed by atoms with Gasteiger partial charge in [-0.15, -0.1) is 0 Å². The molecular weight excluding hydrogens is 270 g/mol. The summed E-state index contributed by atoms with van der Waals surface area (Å²) in [5.41, 5.74) is 1.06. The van der Waals surface area contributed by atoms with Crippen LogP contribution in [0, 0.1) is 11.3 Å². The van der Waals surface area contributed by atoms with Crippen molar-refractivity contribution in [3.05, 3.63) is 29.8 Å². The second kappa shape index (κ2) is 7.29. The highest BCUT2D eigenvalue weighted by Crippen LogP contribution is 2.17. The van der Waals surface area contributed by atoms with Gasteiger partial charge in [0, 0.05) is 25.3 Å². The number of rotatable bonds is 5. The summed E-state index contributed by atoms with van der Waals surface area (Å²) < 4.78 is 0. The molecule has 0 aromatic heterocycles. The second-order valence-corrected chi connectivity index (χ2v) is 4.93. The van der Waals surface area contributed by atoms with Gasteiger partial charge in [-0.3, -0.25) is 9.69 Å². The van der Waals surface area contributed by atoms with Gasteiger partial charge < -0.3 is 10.0 Å². The summed E-state index contributed by atoms with van der Waals surface area (Å²) in [6.45, 7) is 3.81. The zero-order valence-corrected chi connectivity index (χ0v) is 12.4. The van der Waals surface area contributed by atoms with Crippen LogP contribution in [-0.2, 0) is 4.79 Å². The number of carbonyl (C=O) groups is 2. The van der Waals surface area contributed by atoms with Crippen LogP contribution in [0.2, 0.25) is 0 Å². The fraction of sp³-hybridized carbons (Fsp3) is 0.400. The molecule has 6 heteroatoms. The smallest absolute Gasteiger partial charge is 0.324 e. The zero-order valence-electron chi connectivity index (χ0n) is 12.4. The minimum atomic E-state index is -0.942. The van der Waals surface area contributed by atoms with Crippen molar-refractivity contribution >= 4 is 17.7 Å². The molecule has 0 heterocycles. The lowest BCUT2D eigenvalue weighted by atomic mass is 10.2. The summed E-state index contributed by atoms with van der Waals surface area (Å²) in [7, 11) is 1.61. The summed E-state index contributed by atoms with van der Waals surface area (Å²) >= 11 is 0. The number of carbonyl (C=O) groups excluding carboxylic acids is 1. The van der Waals surface area contributed by atoms with Crippen molar-refractivity contribution in [1.29, 1.82) is 5.26 Å². The van der Waals surface area contributed by atoms with Gasteiger partial charge in [0.15, 0.2) is 0 Å². The molecule has 1 rings (SSSR count). The van der Waals surface area contributed by atoms with Crippen LogP contribution in [0.1, 0.15) is 25.8 Å². The number of urea groups is 1. The van der Waals surface area contributed by atoms with E-state index in [1.165, 1.54) is 9.80 Å². The van der Waals surface area contributed by atoms with Crippen LogP contribution in [0.15, 0.2) is 24.3 Å². The van der Waals surface area contributed by atoms with E-state index in [1.807, 2.05) is 19.9 Å². The summed E-state index contributed by atoms with van der Waals surface area (Å²) in [6, 6.07) is 8.33. The number of benzene rings is 1. The highest BCUT2D eigenvalue weighted by atomic mass is 16.4. The minimum Gasteiger partial charge on any atom is -0.481 e. The number of anilines is 1. The Morgan fingerprint density at radius 1 is 1.38 bits per heavy atom. The average Bonchev–Trinajstić information content (AvgIpc) is 2.45. The molecule has 0 unspecified atom stereocenters. The van der Waals surface area contributed by atoms with Gasteiger partial charge in [-0.1, -0.05) is 6.07 Å². The monoisotopic (exact) mass is 289 g/mol. The highest BCUT2D eigenvalue weighted by Gasteiger charge is 2.22. The molecule has 1 N–H and O–H groups in total. The SMILES string of the molecule is CC(C)N(CCC(=O)O)C(=O)N(C)c1cccc(C#N)c1. The molecule has 1 aromatic carbocycles. The Kier molecular flexibility index (Phi) is 5.73. The summed E-state index contributed by atoms with van der Waals surface area (Å²) in [5, 5.41) is 17.7. The van der Waals surface area contributed by atoms with E-state index in [-0.39, 0.29) is 25.0 Å². The number of hydrogen-bond acceptors (Lipinski definition) is 3. The first kappa shape index (κ1) is 16.5. The van der Waals surface area contributed by atoms with Gasteiger partial charge >= 0.3 is 12.0 Å². The van der Waals surface area contributed by atoms with Crippen LogP contribution < -0.4 is 4.90 Å². The molecule has 112 valence electrons. The van der Waals surface area contributed by atoms with E-state index in [1.54, 1.807) is 31.3 Å². The van der Waals surface area contributed by atoms with E-state index in [0.29, 0.717) is 11.3 Å². The number of hydrogen-bond donors (Lipinski definition) is 1. The van der Waals surface area contributed by atoms with Crippen LogP contribution in [0.5, 0.6) is 0 Å². The number of aliphatic carboxylic acids is 1. The lowest BCUT2D eigenvalue weighted by Gasteiger charge is -2.31. The van der Waals surface area contributed by atoms with E-state index in [2.05, 4.69) is 0 Å². The van der Waals surface area contributed by atoms with Gasteiger partial charge in [-0.05, 0) is 32.0 Å². The van der Waals surface area contributed by atoms with E-state index in [9.17, 15) is 9.59 Å². The molecule has 0 radical (unpaired) electrons. The molecule has 0 spiro atoms. The molecule has 2 amide bonds. The zero-order chi connectivity index (χ0) is 16.0. The van der Waals surface area contributed by atoms with Gasteiger partial charge in [-0.2, -0.15) is 5.26 Å². The molecule has 0 aliphatic rings. The molecule has 0 aliphatic heterocycles. The number of nitrogens with zero attached hydrogens (tertiary/aromatic N) is 3. The van der Waals surface area contributed by atoms with Crippen LogP contribution in [-0.4, -0.2) is 41.6 Å². The van der Waals surface area contributed by atoms with Crippen molar-refractivity contribution in [2.75, 3.05) is 18.5 Å². The van der Waals surface area contributed by atoms with E-state index in [0.717, 1.165) is 0 Å². The van der Waals surface area contributed by atoms with E-state index in [4.69, 9.17) is 10.4 Å². The van der Waals surface area contributed by atoms with Gasteiger partial charge in [0.05, 0.1) is 18.1 Å². The van der Waals surface area contributed by atoms with Crippen molar-refractivity contribution in [3.8, 4) is 6.07 Å². The quantitative estimate of drug-likeness (QED) is 0.901. The number of amides is 2. The van der Waals surface area contributed by atoms with Crippen LogP contribution in [0.3, 0.4) is 0 Å². The fourth-order valence-electron chi connectivity index (χ4n) is 1.88. The minimum absolute atomic E-state index is 0.101. The lowest BCUT2D eigenvalue weighted by molar-refractivity contribution is -0.137. The van der Waals surface area contributed by atoms with Gasteiger partial charge in [0.25, 0.3) is 0 Å². The van der Waals surface area contributed by atoms with Crippen LogP contribution in [0.4, 0.5) is 10.5 Å². The van der Waals surface area contributed by atoms with Crippen molar-refractivity contribution in [2.45, 2.75) is 26.3 Å². The molecular formula is C15H19N3O3. The largest absolute Gasteiger partial charge is 0.481 e. The average molecular weight is 289 g/mol. The molecule has 21 heavy (non-hydrogen) atoms. The van der Waals surface area contributed by atoms with Crippen molar-refractivity contribution in [1.82, 2.24) is 4.90 Å². The maximum atomic E-state index is 12.5. The Morgan fingerprint density at radius 3 is 2.57 bits per heavy atom. The summed E-state index contributed by atoms with van der Waals surface area (Å²) in [6.07, 6.45) is -0.101. The molecule has 0 aliphatic carbocycles. The summed E-state index contributed by atoms with van der Waals surface area (Å²) in [5.74, 6) is -0.942. The van der Waals surface area contributed by atoms with Crippen LogP contribution >= 0.6 is 0 Å². The van der Waals surface area contributed by atoms with E-state index < -0.39 is 5.97 Å². The predicted octanol–water partition coefficient (Wildman–Crippen LogP) is 2.30. The molecule has 6 nitrogen and oxygen atoms in total. The van der Waals surface area contributed by atoms with Crippen molar-refractivity contribution in [2.24, 2.45) is 0 Å². The topological polar surface area (TPSA) is 84.6 Å².